The Kier molecular flexibility index (Phi) is 4.65. The van der Waals surface area contributed by atoms with Gasteiger partial charge in [0.05, 0.1) is 5.56 Å². The van der Waals surface area contributed by atoms with Crippen LogP contribution in [0, 0.1) is 6.92 Å². The van der Waals surface area contributed by atoms with Crippen molar-refractivity contribution in [1.29, 1.82) is 0 Å². The molecule has 0 spiro atoms. The predicted octanol–water partition coefficient (Wildman–Crippen LogP) is 3.54. The number of nitrogens with zero attached hydrogens (tertiary/aromatic N) is 3. The molecule has 2 amide bonds. The molecule has 0 saturated carbocycles. The third-order valence-electron chi connectivity index (χ3n) is 4.23. The van der Waals surface area contributed by atoms with E-state index in [1.807, 2.05) is 6.92 Å². The third kappa shape index (κ3) is 4.09. The van der Waals surface area contributed by atoms with Crippen molar-refractivity contribution in [1.82, 2.24) is 20.1 Å². The SMILES string of the molecule is Cc1nc(C2CCN(C(=O)Nc3ccc(C(F)(F)F)cc3)CC2)n[nH]1. The topological polar surface area (TPSA) is 73.9 Å². The fourth-order valence-corrected chi connectivity index (χ4v) is 2.83. The van der Waals surface area contributed by atoms with Gasteiger partial charge in [0, 0.05) is 24.7 Å². The van der Waals surface area contributed by atoms with E-state index in [2.05, 4.69) is 20.5 Å². The molecule has 3 rings (SSSR count). The summed E-state index contributed by atoms with van der Waals surface area (Å²) in [5.74, 6) is 1.73. The van der Waals surface area contributed by atoms with Crippen LogP contribution in [0.15, 0.2) is 24.3 Å². The van der Waals surface area contributed by atoms with Crippen molar-refractivity contribution in [2.45, 2.75) is 31.9 Å². The fraction of sp³-hybridized carbons (Fsp3) is 0.438. The largest absolute Gasteiger partial charge is 0.416 e. The van der Waals surface area contributed by atoms with E-state index in [0.717, 1.165) is 36.6 Å². The molecule has 2 aromatic rings. The molecule has 1 aliphatic heterocycles. The minimum atomic E-state index is -4.39. The fourth-order valence-electron chi connectivity index (χ4n) is 2.83. The van der Waals surface area contributed by atoms with Crippen molar-refractivity contribution >= 4 is 11.7 Å². The number of aromatic amines is 1. The van der Waals surface area contributed by atoms with Crippen molar-refractivity contribution < 1.29 is 18.0 Å². The summed E-state index contributed by atoms with van der Waals surface area (Å²) in [4.78, 5) is 18.2. The quantitative estimate of drug-likeness (QED) is 0.867. The van der Waals surface area contributed by atoms with E-state index in [-0.39, 0.29) is 11.9 Å². The number of piperidine rings is 1. The number of carbonyl (C=O) groups excluding carboxylic acids is 1. The van der Waals surface area contributed by atoms with Crippen LogP contribution in [-0.4, -0.2) is 39.2 Å². The van der Waals surface area contributed by atoms with Gasteiger partial charge in [-0.2, -0.15) is 18.3 Å². The maximum atomic E-state index is 12.5. The highest BCUT2D eigenvalue weighted by Gasteiger charge is 2.30. The number of hydrogen-bond donors (Lipinski definition) is 2. The van der Waals surface area contributed by atoms with Gasteiger partial charge in [0.25, 0.3) is 0 Å². The van der Waals surface area contributed by atoms with Crippen LogP contribution in [0.3, 0.4) is 0 Å². The Labute approximate surface area is 142 Å². The number of nitrogens with one attached hydrogen (secondary N) is 2. The van der Waals surface area contributed by atoms with E-state index >= 15 is 0 Å². The van der Waals surface area contributed by atoms with Gasteiger partial charge in [-0.05, 0) is 44.0 Å². The van der Waals surface area contributed by atoms with Gasteiger partial charge < -0.3 is 10.2 Å². The van der Waals surface area contributed by atoms with Gasteiger partial charge in [0.15, 0.2) is 5.82 Å². The molecule has 25 heavy (non-hydrogen) atoms. The molecule has 1 fully saturated rings. The molecule has 0 unspecified atom stereocenters. The lowest BCUT2D eigenvalue weighted by Gasteiger charge is -2.30. The number of alkyl halides is 3. The molecular weight excluding hydrogens is 335 g/mol. The number of rotatable bonds is 2. The minimum Gasteiger partial charge on any atom is -0.324 e. The van der Waals surface area contributed by atoms with Gasteiger partial charge in [-0.1, -0.05) is 0 Å². The van der Waals surface area contributed by atoms with E-state index in [4.69, 9.17) is 0 Å². The molecule has 2 heterocycles. The molecule has 1 aliphatic rings. The number of hydrogen-bond acceptors (Lipinski definition) is 3. The van der Waals surface area contributed by atoms with Gasteiger partial charge in [-0.3, -0.25) is 5.10 Å². The average Bonchev–Trinajstić information content (AvgIpc) is 3.01. The Balaban J connectivity index is 1.54. The highest BCUT2D eigenvalue weighted by Crippen LogP contribution is 2.30. The number of urea groups is 1. The molecule has 1 saturated heterocycles. The lowest BCUT2D eigenvalue weighted by Crippen LogP contribution is -2.40. The smallest absolute Gasteiger partial charge is 0.324 e. The number of amides is 2. The summed E-state index contributed by atoms with van der Waals surface area (Å²) in [7, 11) is 0. The van der Waals surface area contributed by atoms with Crippen LogP contribution < -0.4 is 5.32 Å². The second kappa shape index (κ2) is 6.73. The summed E-state index contributed by atoms with van der Waals surface area (Å²) < 4.78 is 37.6. The predicted molar refractivity (Wildman–Crippen MR) is 85.1 cm³/mol. The molecule has 0 aliphatic carbocycles. The molecule has 1 aromatic heterocycles. The Morgan fingerprint density at radius 2 is 1.88 bits per heavy atom. The van der Waals surface area contributed by atoms with E-state index in [9.17, 15) is 18.0 Å². The summed E-state index contributed by atoms with van der Waals surface area (Å²) in [6.45, 7) is 2.93. The molecular formula is C16H18F3N5O. The molecule has 6 nitrogen and oxygen atoms in total. The standard InChI is InChI=1S/C16H18F3N5O/c1-10-20-14(23-22-10)11-6-8-24(9-7-11)15(25)21-13-4-2-12(3-5-13)16(17,18)19/h2-5,11H,6-9H2,1H3,(H,21,25)(H,20,22,23). The maximum Gasteiger partial charge on any atom is 0.416 e. The zero-order valence-corrected chi connectivity index (χ0v) is 13.6. The normalized spacial score (nSPS) is 16.1. The summed E-state index contributed by atoms with van der Waals surface area (Å²) in [6, 6.07) is 4.10. The number of halogens is 3. The third-order valence-corrected chi connectivity index (χ3v) is 4.23. The Morgan fingerprint density at radius 3 is 2.40 bits per heavy atom. The van der Waals surface area contributed by atoms with E-state index in [1.54, 1.807) is 4.90 Å². The number of aromatic nitrogens is 3. The first kappa shape index (κ1) is 17.2. The highest BCUT2D eigenvalue weighted by molar-refractivity contribution is 5.89. The van der Waals surface area contributed by atoms with Crippen molar-refractivity contribution in [3.63, 3.8) is 0 Å². The van der Waals surface area contributed by atoms with E-state index in [1.165, 1.54) is 12.1 Å². The van der Waals surface area contributed by atoms with Gasteiger partial charge in [0.2, 0.25) is 0 Å². The summed E-state index contributed by atoms with van der Waals surface area (Å²) in [6.07, 6.45) is -2.89. The first-order valence-corrected chi connectivity index (χ1v) is 7.95. The second-order valence-electron chi connectivity index (χ2n) is 6.05. The lowest BCUT2D eigenvalue weighted by atomic mass is 9.96. The monoisotopic (exact) mass is 353 g/mol. The number of H-pyrrole nitrogens is 1. The molecule has 0 bridgehead atoms. The highest BCUT2D eigenvalue weighted by atomic mass is 19.4. The van der Waals surface area contributed by atoms with Crippen LogP contribution >= 0.6 is 0 Å². The number of carbonyl (C=O) groups is 1. The number of likely N-dealkylation sites (tertiary alicyclic amines) is 1. The molecule has 9 heteroatoms. The first-order valence-electron chi connectivity index (χ1n) is 7.95. The van der Waals surface area contributed by atoms with Gasteiger partial charge in [-0.15, -0.1) is 0 Å². The van der Waals surface area contributed by atoms with Crippen LogP contribution in [0.2, 0.25) is 0 Å². The van der Waals surface area contributed by atoms with Crippen LogP contribution in [-0.2, 0) is 6.18 Å². The van der Waals surface area contributed by atoms with Crippen molar-refractivity contribution in [2.75, 3.05) is 18.4 Å². The molecule has 0 radical (unpaired) electrons. The molecule has 2 N–H and O–H groups in total. The summed E-state index contributed by atoms with van der Waals surface area (Å²) in [5, 5.41) is 9.60. The second-order valence-corrected chi connectivity index (χ2v) is 6.05. The average molecular weight is 353 g/mol. The molecule has 1 aromatic carbocycles. The van der Waals surface area contributed by atoms with Gasteiger partial charge >= 0.3 is 12.2 Å². The zero-order valence-electron chi connectivity index (χ0n) is 13.6. The zero-order chi connectivity index (χ0) is 18.0. The number of aryl methyl sites for hydroxylation is 1. The van der Waals surface area contributed by atoms with Crippen molar-refractivity contribution in [3.05, 3.63) is 41.5 Å². The minimum absolute atomic E-state index is 0.208. The molecule has 0 atom stereocenters. The summed E-state index contributed by atoms with van der Waals surface area (Å²) >= 11 is 0. The lowest BCUT2D eigenvalue weighted by molar-refractivity contribution is -0.137. The van der Waals surface area contributed by atoms with Gasteiger partial charge in [-0.25, -0.2) is 9.78 Å². The van der Waals surface area contributed by atoms with Crippen LogP contribution in [0.4, 0.5) is 23.7 Å². The van der Waals surface area contributed by atoms with E-state index < -0.39 is 11.7 Å². The number of anilines is 1. The van der Waals surface area contributed by atoms with Crippen molar-refractivity contribution in [3.8, 4) is 0 Å². The van der Waals surface area contributed by atoms with Crippen LogP contribution in [0.25, 0.3) is 0 Å². The maximum absolute atomic E-state index is 12.5. The Hall–Kier alpha value is -2.58. The van der Waals surface area contributed by atoms with E-state index in [0.29, 0.717) is 18.8 Å². The summed E-state index contributed by atoms with van der Waals surface area (Å²) in [5.41, 5.74) is -0.405. The molecule has 134 valence electrons. The Bertz CT molecular complexity index is 733. The van der Waals surface area contributed by atoms with Crippen LogP contribution in [0.1, 0.15) is 36.0 Å². The Morgan fingerprint density at radius 1 is 1.24 bits per heavy atom. The first-order chi connectivity index (χ1) is 11.8. The van der Waals surface area contributed by atoms with Crippen LogP contribution in [0.5, 0.6) is 0 Å². The van der Waals surface area contributed by atoms with Crippen molar-refractivity contribution in [2.24, 2.45) is 0 Å². The van der Waals surface area contributed by atoms with Gasteiger partial charge in [0.1, 0.15) is 5.82 Å². The number of benzene rings is 1.